The van der Waals surface area contributed by atoms with Gasteiger partial charge in [-0.25, -0.2) is 9.67 Å². The van der Waals surface area contributed by atoms with Gasteiger partial charge < -0.3 is 5.32 Å². The van der Waals surface area contributed by atoms with E-state index in [0.29, 0.717) is 5.92 Å². The molecule has 1 aliphatic rings. The zero-order chi connectivity index (χ0) is 15.0. The third kappa shape index (κ3) is 2.77. The van der Waals surface area contributed by atoms with Crippen LogP contribution < -0.4 is 5.32 Å². The van der Waals surface area contributed by atoms with E-state index in [1.807, 2.05) is 20.0 Å². The fourth-order valence-corrected chi connectivity index (χ4v) is 2.71. The summed E-state index contributed by atoms with van der Waals surface area (Å²) < 4.78 is 1.73. The second-order valence-corrected chi connectivity index (χ2v) is 5.99. The van der Waals surface area contributed by atoms with Crippen LogP contribution >= 0.6 is 0 Å². The van der Waals surface area contributed by atoms with Crippen LogP contribution in [0.25, 0.3) is 11.0 Å². The maximum absolute atomic E-state index is 12.1. The van der Waals surface area contributed by atoms with Crippen molar-refractivity contribution < 1.29 is 4.79 Å². The van der Waals surface area contributed by atoms with Gasteiger partial charge in [-0.15, -0.1) is 0 Å². The van der Waals surface area contributed by atoms with Gasteiger partial charge in [0.25, 0.3) is 0 Å². The average Bonchev–Trinajstić information content (AvgIpc) is 3.25. The lowest BCUT2D eigenvalue weighted by atomic mass is 10.1. The Kier molecular flexibility index (Phi) is 3.66. The van der Waals surface area contributed by atoms with Crippen molar-refractivity contribution in [2.24, 2.45) is 0 Å². The molecule has 0 saturated heterocycles. The monoisotopic (exact) mass is 286 g/mol. The van der Waals surface area contributed by atoms with Crippen molar-refractivity contribution in [1.82, 2.24) is 20.1 Å². The first kappa shape index (κ1) is 14.0. The maximum atomic E-state index is 12.1. The Bertz CT molecular complexity index is 672. The quantitative estimate of drug-likeness (QED) is 0.919. The average molecular weight is 286 g/mol. The third-order valence-corrected chi connectivity index (χ3v) is 4.17. The van der Waals surface area contributed by atoms with Crippen molar-refractivity contribution in [2.75, 3.05) is 0 Å². The van der Waals surface area contributed by atoms with Gasteiger partial charge in [-0.05, 0) is 50.7 Å². The highest BCUT2D eigenvalue weighted by molar-refractivity contribution is 5.85. The van der Waals surface area contributed by atoms with Gasteiger partial charge in [0.2, 0.25) is 5.91 Å². The van der Waals surface area contributed by atoms with Gasteiger partial charge in [0.15, 0.2) is 5.65 Å². The fraction of sp³-hybridized carbons (Fsp3) is 0.562. The van der Waals surface area contributed by atoms with Gasteiger partial charge in [0.1, 0.15) is 6.54 Å². The number of carbonyl (C=O) groups excluding carboxylic acids is 1. The van der Waals surface area contributed by atoms with E-state index in [2.05, 4.69) is 28.4 Å². The van der Waals surface area contributed by atoms with Crippen molar-refractivity contribution in [3.63, 3.8) is 0 Å². The number of hydrogen-bond acceptors (Lipinski definition) is 3. The summed E-state index contributed by atoms with van der Waals surface area (Å²) in [5.41, 5.74) is 3.14. The summed E-state index contributed by atoms with van der Waals surface area (Å²) in [5.74, 6) is 0.646. The number of carbonyl (C=O) groups is 1. The first-order valence-electron chi connectivity index (χ1n) is 7.71. The summed E-state index contributed by atoms with van der Waals surface area (Å²) in [5, 5.41) is 8.64. The van der Waals surface area contributed by atoms with Crippen molar-refractivity contribution >= 4 is 16.9 Å². The number of fused-ring (bicyclic) bond motifs is 1. The van der Waals surface area contributed by atoms with E-state index in [1.54, 1.807) is 4.68 Å². The molecule has 1 atom stereocenters. The van der Waals surface area contributed by atoms with Crippen LogP contribution in [0.5, 0.6) is 0 Å². The van der Waals surface area contributed by atoms with Gasteiger partial charge in [-0.1, -0.05) is 6.92 Å². The minimum absolute atomic E-state index is 0.00706. The molecule has 0 spiro atoms. The summed E-state index contributed by atoms with van der Waals surface area (Å²) in [6.45, 7) is 6.30. The fourth-order valence-electron chi connectivity index (χ4n) is 2.71. The van der Waals surface area contributed by atoms with E-state index in [9.17, 15) is 4.79 Å². The van der Waals surface area contributed by atoms with Gasteiger partial charge >= 0.3 is 0 Å². The molecule has 5 heteroatoms. The second-order valence-electron chi connectivity index (χ2n) is 5.99. The van der Waals surface area contributed by atoms with Crippen LogP contribution in [0.4, 0.5) is 0 Å². The molecule has 0 radical (unpaired) electrons. The number of hydrogen-bond donors (Lipinski definition) is 1. The molecule has 2 aromatic heterocycles. The molecular formula is C16H22N4O. The molecule has 112 valence electrons. The highest BCUT2D eigenvalue weighted by Crippen LogP contribution is 2.43. The lowest BCUT2D eigenvalue weighted by molar-refractivity contribution is -0.122. The Morgan fingerprint density at radius 1 is 1.52 bits per heavy atom. The Balaban J connectivity index is 1.89. The topological polar surface area (TPSA) is 59.8 Å². The molecule has 5 nitrogen and oxygen atoms in total. The summed E-state index contributed by atoms with van der Waals surface area (Å²) >= 11 is 0. The molecule has 2 aromatic rings. The summed E-state index contributed by atoms with van der Waals surface area (Å²) in [6, 6.07) is 2.29. The molecule has 1 saturated carbocycles. The molecular weight excluding hydrogens is 264 g/mol. The van der Waals surface area contributed by atoms with E-state index in [1.165, 1.54) is 18.4 Å². The number of pyridine rings is 1. The van der Waals surface area contributed by atoms with Gasteiger partial charge in [0.05, 0.1) is 5.69 Å². The highest BCUT2D eigenvalue weighted by Gasteiger charge is 2.27. The van der Waals surface area contributed by atoms with Crippen LogP contribution in [-0.4, -0.2) is 26.7 Å². The maximum Gasteiger partial charge on any atom is 0.242 e. The smallest absolute Gasteiger partial charge is 0.242 e. The molecule has 1 aliphatic carbocycles. The number of aryl methyl sites for hydroxylation is 1. The number of amides is 1. The van der Waals surface area contributed by atoms with Gasteiger partial charge in [-0.2, -0.15) is 5.10 Å². The second kappa shape index (κ2) is 5.47. The first-order chi connectivity index (χ1) is 10.1. The van der Waals surface area contributed by atoms with Gasteiger partial charge in [-0.3, -0.25) is 4.79 Å². The Morgan fingerprint density at radius 3 is 2.95 bits per heavy atom. The minimum Gasteiger partial charge on any atom is -0.352 e. The standard InChI is InChI=1S/C16H22N4O/c1-4-10(2)18-14(21)9-20-16-15(11(3)19-20)13(7-8-17-16)12-5-6-12/h7-8,10,12H,4-6,9H2,1-3H3,(H,18,21). The minimum atomic E-state index is -0.00706. The first-order valence-corrected chi connectivity index (χ1v) is 7.71. The molecule has 3 rings (SSSR count). The SMILES string of the molecule is CCC(C)NC(=O)Cn1nc(C)c2c(C3CC3)ccnc21. The Morgan fingerprint density at radius 2 is 2.29 bits per heavy atom. The van der Waals surface area contributed by atoms with Crippen LogP contribution in [0.1, 0.15) is 50.3 Å². The number of rotatable bonds is 5. The largest absolute Gasteiger partial charge is 0.352 e. The molecule has 0 aliphatic heterocycles. The predicted molar refractivity (Wildman–Crippen MR) is 82.1 cm³/mol. The predicted octanol–water partition coefficient (Wildman–Crippen LogP) is 2.53. The normalized spacial score (nSPS) is 16.1. The molecule has 21 heavy (non-hydrogen) atoms. The van der Waals surface area contributed by atoms with E-state index in [4.69, 9.17) is 0 Å². The highest BCUT2D eigenvalue weighted by atomic mass is 16.2. The van der Waals surface area contributed by atoms with E-state index >= 15 is 0 Å². The lowest BCUT2D eigenvalue weighted by Crippen LogP contribution is -2.34. The summed E-state index contributed by atoms with van der Waals surface area (Å²) in [7, 11) is 0. The number of nitrogens with one attached hydrogen (secondary N) is 1. The number of aromatic nitrogens is 3. The van der Waals surface area contributed by atoms with E-state index in [0.717, 1.165) is 23.1 Å². The van der Waals surface area contributed by atoms with Crippen LogP contribution in [0.15, 0.2) is 12.3 Å². The molecule has 1 unspecified atom stereocenters. The van der Waals surface area contributed by atoms with Crippen LogP contribution in [0, 0.1) is 6.92 Å². The van der Waals surface area contributed by atoms with Crippen LogP contribution in [0.3, 0.4) is 0 Å². The molecule has 2 heterocycles. The molecule has 0 bridgehead atoms. The van der Waals surface area contributed by atoms with Crippen molar-refractivity contribution in [3.8, 4) is 0 Å². The van der Waals surface area contributed by atoms with E-state index < -0.39 is 0 Å². The molecule has 1 N–H and O–H groups in total. The van der Waals surface area contributed by atoms with E-state index in [-0.39, 0.29) is 18.5 Å². The van der Waals surface area contributed by atoms with Crippen molar-refractivity contribution in [2.45, 2.75) is 58.5 Å². The van der Waals surface area contributed by atoms with Crippen molar-refractivity contribution in [3.05, 3.63) is 23.5 Å². The van der Waals surface area contributed by atoms with Crippen molar-refractivity contribution in [1.29, 1.82) is 0 Å². The Labute approximate surface area is 124 Å². The zero-order valence-electron chi connectivity index (χ0n) is 12.9. The zero-order valence-corrected chi connectivity index (χ0v) is 12.9. The third-order valence-electron chi connectivity index (χ3n) is 4.17. The molecule has 0 aromatic carbocycles. The Hall–Kier alpha value is -1.91. The summed E-state index contributed by atoms with van der Waals surface area (Å²) in [6.07, 6.45) is 5.26. The summed E-state index contributed by atoms with van der Waals surface area (Å²) in [4.78, 5) is 16.5. The lowest BCUT2D eigenvalue weighted by Gasteiger charge is -2.11. The molecule has 1 fully saturated rings. The van der Waals surface area contributed by atoms with Gasteiger partial charge in [0, 0.05) is 17.6 Å². The number of nitrogens with zero attached hydrogens (tertiary/aromatic N) is 3. The van der Waals surface area contributed by atoms with Crippen LogP contribution in [-0.2, 0) is 11.3 Å². The molecule has 1 amide bonds. The van der Waals surface area contributed by atoms with Crippen LogP contribution in [0.2, 0.25) is 0 Å².